The normalized spacial score (nSPS) is 15.9. The molecule has 0 saturated carbocycles. The molecule has 0 spiro atoms. The topological polar surface area (TPSA) is 54.3 Å². The first kappa shape index (κ1) is 21.6. The minimum Gasteiger partial charge on any atom is -0.350 e. The van der Waals surface area contributed by atoms with Gasteiger partial charge < -0.3 is 9.88 Å². The Balaban J connectivity index is 1.67. The summed E-state index contributed by atoms with van der Waals surface area (Å²) in [6, 6.07) is 24.0. The van der Waals surface area contributed by atoms with Crippen molar-refractivity contribution in [2.75, 3.05) is 10.7 Å². The largest absolute Gasteiger partial charge is 0.350 e. The highest BCUT2D eigenvalue weighted by atomic mass is 35.5. The van der Waals surface area contributed by atoms with E-state index >= 15 is 0 Å². The third kappa shape index (κ3) is 3.90. The van der Waals surface area contributed by atoms with Gasteiger partial charge in [0, 0.05) is 30.1 Å². The first-order chi connectivity index (χ1) is 16.1. The summed E-state index contributed by atoms with van der Waals surface area (Å²) in [5, 5.41) is 5.36. The van der Waals surface area contributed by atoms with Gasteiger partial charge >= 0.3 is 0 Å². The number of hydrogen-bond acceptors (Lipinski definition) is 3. The molecular weight excluding hydrogens is 454 g/mol. The smallest absolute Gasteiger partial charge is 0.248 e. The molecule has 7 heteroatoms. The van der Waals surface area contributed by atoms with Gasteiger partial charge in [-0.2, -0.15) is 0 Å². The lowest BCUT2D eigenvalue weighted by Gasteiger charge is -2.30. The van der Waals surface area contributed by atoms with Crippen LogP contribution in [0.4, 0.5) is 5.69 Å². The number of benzene rings is 3. The Labute approximate surface area is 201 Å². The minimum absolute atomic E-state index is 0.159. The van der Waals surface area contributed by atoms with Crippen LogP contribution in [-0.4, -0.2) is 22.1 Å². The molecule has 0 bridgehead atoms. The van der Waals surface area contributed by atoms with E-state index in [4.69, 9.17) is 11.6 Å². The van der Waals surface area contributed by atoms with E-state index in [1.54, 1.807) is 17.0 Å². The predicted molar refractivity (Wildman–Crippen MR) is 134 cm³/mol. The molecule has 4 aromatic rings. The standard InChI is InChI=1S/C26H22ClN3O2S/c1-29-20-13-7-5-11-18(20)23-24(25(32)28-15-17-9-3-2-4-10-17)30(22(31)16-33-26(23)29)21-14-8-6-12-19(21)27/h2-14,24H,15-16H2,1H3,(H,28,32)/t24-/m1/s1. The molecule has 1 atom stereocenters. The molecule has 3 aromatic carbocycles. The van der Waals surface area contributed by atoms with Crippen LogP contribution in [0.25, 0.3) is 10.9 Å². The van der Waals surface area contributed by atoms with E-state index in [1.807, 2.05) is 73.8 Å². The molecule has 0 saturated heterocycles. The number of carbonyl (C=O) groups is 2. The van der Waals surface area contributed by atoms with Crippen molar-refractivity contribution < 1.29 is 9.59 Å². The lowest BCUT2D eigenvalue weighted by atomic mass is 10.0. The van der Waals surface area contributed by atoms with E-state index in [0.717, 1.165) is 27.1 Å². The van der Waals surface area contributed by atoms with Crippen molar-refractivity contribution in [1.82, 2.24) is 9.88 Å². The van der Waals surface area contributed by atoms with Crippen molar-refractivity contribution >= 4 is 51.8 Å². The van der Waals surface area contributed by atoms with Crippen LogP contribution >= 0.6 is 23.4 Å². The number of thioether (sulfide) groups is 1. The highest BCUT2D eigenvalue weighted by molar-refractivity contribution is 8.00. The minimum atomic E-state index is -0.850. The van der Waals surface area contributed by atoms with Gasteiger partial charge in [0.2, 0.25) is 11.8 Å². The maximum atomic E-state index is 13.8. The maximum Gasteiger partial charge on any atom is 0.248 e. The van der Waals surface area contributed by atoms with Crippen molar-refractivity contribution in [3.05, 3.63) is 95.0 Å². The van der Waals surface area contributed by atoms with E-state index in [2.05, 4.69) is 9.88 Å². The number of fused-ring (bicyclic) bond motifs is 3. The molecule has 5 rings (SSSR count). The number of nitrogens with zero attached hydrogens (tertiary/aromatic N) is 2. The zero-order chi connectivity index (χ0) is 22.9. The fourth-order valence-corrected chi connectivity index (χ4v) is 5.66. The highest BCUT2D eigenvalue weighted by Gasteiger charge is 2.40. The van der Waals surface area contributed by atoms with Gasteiger partial charge in [0.05, 0.1) is 21.5 Å². The molecule has 1 aliphatic rings. The lowest BCUT2D eigenvalue weighted by molar-refractivity contribution is -0.125. The van der Waals surface area contributed by atoms with Crippen molar-refractivity contribution in [3.63, 3.8) is 0 Å². The van der Waals surface area contributed by atoms with Gasteiger partial charge in [0.15, 0.2) is 0 Å². The maximum absolute atomic E-state index is 13.8. The monoisotopic (exact) mass is 475 g/mol. The first-order valence-electron chi connectivity index (χ1n) is 10.6. The van der Waals surface area contributed by atoms with Crippen LogP contribution < -0.4 is 10.2 Å². The third-order valence-electron chi connectivity index (χ3n) is 5.89. The summed E-state index contributed by atoms with van der Waals surface area (Å²) in [6.45, 7) is 0.369. The van der Waals surface area contributed by atoms with Gasteiger partial charge in [-0.15, -0.1) is 0 Å². The zero-order valence-corrected chi connectivity index (χ0v) is 19.6. The summed E-state index contributed by atoms with van der Waals surface area (Å²) in [5.41, 5.74) is 3.37. The number of halogens is 1. The van der Waals surface area contributed by atoms with Crippen LogP contribution in [0.3, 0.4) is 0 Å². The average Bonchev–Trinajstić information content (AvgIpc) is 3.02. The van der Waals surface area contributed by atoms with E-state index in [-0.39, 0.29) is 17.6 Å². The van der Waals surface area contributed by atoms with E-state index < -0.39 is 6.04 Å². The number of para-hydroxylation sites is 2. The summed E-state index contributed by atoms with van der Waals surface area (Å²) < 4.78 is 2.07. The second-order valence-corrected chi connectivity index (χ2v) is 9.28. The average molecular weight is 476 g/mol. The van der Waals surface area contributed by atoms with E-state index in [0.29, 0.717) is 17.3 Å². The lowest BCUT2D eigenvalue weighted by Crippen LogP contribution is -2.44. The summed E-state index contributed by atoms with van der Waals surface area (Å²) in [5.74, 6) is -0.189. The van der Waals surface area contributed by atoms with E-state index in [1.165, 1.54) is 11.8 Å². The number of nitrogens with one attached hydrogen (secondary N) is 1. The van der Waals surface area contributed by atoms with Gasteiger partial charge in [-0.25, -0.2) is 0 Å². The van der Waals surface area contributed by atoms with Gasteiger partial charge in [0.1, 0.15) is 6.04 Å². The van der Waals surface area contributed by atoms with Crippen LogP contribution in [-0.2, 0) is 23.2 Å². The Hall–Kier alpha value is -3.22. The number of carbonyl (C=O) groups excluding carboxylic acids is 2. The molecule has 1 N–H and O–H groups in total. The van der Waals surface area contributed by atoms with Gasteiger partial charge in [-0.05, 0) is 23.8 Å². The highest BCUT2D eigenvalue weighted by Crippen LogP contribution is 2.44. The molecule has 2 amide bonds. The Kier molecular flexibility index (Phi) is 5.87. The molecule has 166 valence electrons. The Morgan fingerprint density at radius 3 is 2.52 bits per heavy atom. The molecule has 0 aliphatic carbocycles. The van der Waals surface area contributed by atoms with Crippen molar-refractivity contribution in [2.45, 2.75) is 17.6 Å². The number of hydrogen-bond donors (Lipinski definition) is 1. The molecular formula is C26H22ClN3O2S. The van der Waals surface area contributed by atoms with E-state index in [9.17, 15) is 9.59 Å². The Bertz CT molecular complexity index is 1350. The van der Waals surface area contributed by atoms with Gasteiger partial charge in [0.25, 0.3) is 0 Å². The molecule has 33 heavy (non-hydrogen) atoms. The molecule has 2 heterocycles. The number of rotatable bonds is 4. The Morgan fingerprint density at radius 2 is 1.73 bits per heavy atom. The molecule has 0 radical (unpaired) electrons. The zero-order valence-electron chi connectivity index (χ0n) is 18.0. The second-order valence-electron chi connectivity index (χ2n) is 7.90. The number of anilines is 1. The van der Waals surface area contributed by atoms with Gasteiger partial charge in [-0.3, -0.25) is 14.5 Å². The molecule has 1 aliphatic heterocycles. The van der Waals surface area contributed by atoms with Crippen LogP contribution in [0.5, 0.6) is 0 Å². The summed E-state index contributed by atoms with van der Waals surface area (Å²) >= 11 is 7.99. The molecule has 5 nitrogen and oxygen atoms in total. The molecule has 0 unspecified atom stereocenters. The number of aromatic nitrogens is 1. The van der Waals surface area contributed by atoms with Crippen LogP contribution in [0.2, 0.25) is 5.02 Å². The summed E-state index contributed by atoms with van der Waals surface area (Å²) in [4.78, 5) is 28.8. The van der Waals surface area contributed by atoms with Crippen LogP contribution in [0.1, 0.15) is 17.2 Å². The summed E-state index contributed by atoms with van der Waals surface area (Å²) in [6.07, 6.45) is 0. The summed E-state index contributed by atoms with van der Waals surface area (Å²) in [7, 11) is 1.97. The fourth-order valence-electron chi connectivity index (χ4n) is 4.36. The predicted octanol–water partition coefficient (Wildman–Crippen LogP) is 5.33. The van der Waals surface area contributed by atoms with Crippen molar-refractivity contribution in [2.24, 2.45) is 7.05 Å². The molecule has 1 aromatic heterocycles. The number of amides is 2. The third-order valence-corrected chi connectivity index (χ3v) is 7.37. The molecule has 0 fully saturated rings. The van der Waals surface area contributed by atoms with Crippen LogP contribution in [0, 0.1) is 0 Å². The van der Waals surface area contributed by atoms with Crippen LogP contribution in [0.15, 0.2) is 83.9 Å². The Morgan fingerprint density at radius 1 is 1.03 bits per heavy atom. The number of aryl methyl sites for hydroxylation is 1. The quantitative estimate of drug-likeness (QED) is 0.434. The van der Waals surface area contributed by atoms with Crippen molar-refractivity contribution in [1.29, 1.82) is 0 Å². The second kappa shape index (κ2) is 8.96. The first-order valence-corrected chi connectivity index (χ1v) is 12.0. The SMILES string of the molecule is Cn1c2c(c3ccccc31)[C@H](C(=O)NCc1ccccc1)N(c1ccccc1Cl)C(=O)CS2. The van der Waals surface area contributed by atoms with Gasteiger partial charge in [-0.1, -0.05) is 84.0 Å². The fraction of sp³-hybridized carbons (Fsp3) is 0.154. The van der Waals surface area contributed by atoms with Crippen molar-refractivity contribution in [3.8, 4) is 0 Å².